The van der Waals surface area contributed by atoms with Crippen molar-refractivity contribution in [3.8, 4) is 17.6 Å². The maximum Gasteiger partial charge on any atom is 0.122 e. The van der Waals surface area contributed by atoms with Crippen molar-refractivity contribution in [3.05, 3.63) is 50.2 Å². The van der Waals surface area contributed by atoms with Gasteiger partial charge in [0.25, 0.3) is 0 Å². The maximum atomic E-state index is 8.66. The maximum absolute atomic E-state index is 8.66. The summed E-state index contributed by atoms with van der Waals surface area (Å²) in [5, 5.41) is 9.44. The van der Waals surface area contributed by atoms with Gasteiger partial charge in [0.05, 0.1) is 4.88 Å². The first kappa shape index (κ1) is 14.9. The highest BCUT2D eigenvalue weighted by molar-refractivity contribution is 7.12. The molecule has 0 fully saturated rings. The zero-order valence-electron chi connectivity index (χ0n) is 11.4. The van der Waals surface area contributed by atoms with E-state index >= 15 is 0 Å². The number of benzene rings is 1. The second-order valence-electron chi connectivity index (χ2n) is 4.39. The fraction of sp³-hybridized carbons (Fsp3) is 0.250. The van der Waals surface area contributed by atoms with E-state index in [0.717, 1.165) is 31.7 Å². The van der Waals surface area contributed by atoms with Crippen LogP contribution in [0, 0.1) is 25.7 Å². The van der Waals surface area contributed by atoms with Gasteiger partial charge in [-0.1, -0.05) is 23.4 Å². The summed E-state index contributed by atoms with van der Waals surface area (Å²) in [6.07, 6.45) is 0. The smallest absolute Gasteiger partial charge is 0.122 e. The summed E-state index contributed by atoms with van der Waals surface area (Å²) < 4.78 is 5.78. The Balaban J connectivity index is 2.03. The van der Waals surface area contributed by atoms with Crippen LogP contribution >= 0.6 is 22.9 Å². The topological polar surface area (TPSA) is 29.5 Å². The van der Waals surface area contributed by atoms with Crippen molar-refractivity contribution in [3.63, 3.8) is 0 Å². The van der Waals surface area contributed by atoms with Gasteiger partial charge in [0, 0.05) is 9.90 Å². The number of aliphatic hydroxyl groups excluding tert-OH is 1. The predicted molar refractivity (Wildman–Crippen MR) is 83.5 cm³/mol. The van der Waals surface area contributed by atoms with E-state index in [0.29, 0.717) is 6.61 Å². The van der Waals surface area contributed by atoms with E-state index in [1.807, 2.05) is 38.1 Å². The van der Waals surface area contributed by atoms with Gasteiger partial charge in [0.15, 0.2) is 0 Å². The molecule has 0 unspecified atom stereocenters. The molecular weight excluding hydrogens is 292 g/mol. The number of halogens is 1. The van der Waals surface area contributed by atoms with Crippen molar-refractivity contribution in [2.45, 2.75) is 20.5 Å². The van der Waals surface area contributed by atoms with E-state index in [4.69, 9.17) is 21.4 Å². The van der Waals surface area contributed by atoms with E-state index in [2.05, 4.69) is 11.8 Å². The minimum absolute atomic E-state index is 0.118. The third-order valence-corrected chi connectivity index (χ3v) is 4.31. The summed E-state index contributed by atoms with van der Waals surface area (Å²) in [4.78, 5) is 2.03. The number of aryl methyl sites for hydroxylation is 2. The van der Waals surface area contributed by atoms with E-state index in [1.54, 1.807) is 11.3 Å². The Morgan fingerprint density at radius 2 is 1.95 bits per heavy atom. The van der Waals surface area contributed by atoms with Crippen molar-refractivity contribution < 1.29 is 9.84 Å². The number of thiophene rings is 1. The van der Waals surface area contributed by atoms with E-state index in [-0.39, 0.29) is 6.61 Å². The largest absolute Gasteiger partial charge is 0.488 e. The number of hydrogen-bond acceptors (Lipinski definition) is 3. The van der Waals surface area contributed by atoms with Gasteiger partial charge in [0.2, 0.25) is 0 Å². The molecule has 0 saturated carbocycles. The fourth-order valence-electron chi connectivity index (χ4n) is 1.79. The van der Waals surface area contributed by atoms with Crippen LogP contribution in [0.5, 0.6) is 5.75 Å². The van der Waals surface area contributed by atoms with Gasteiger partial charge in [-0.05, 0) is 49.2 Å². The molecule has 0 aliphatic carbocycles. The summed E-state index contributed by atoms with van der Waals surface area (Å²) in [6.45, 7) is 4.32. The molecule has 1 aromatic carbocycles. The van der Waals surface area contributed by atoms with E-state index in [9.17, 15) is 0 Å². The van der Waals surface area contributed by atoms with Crippen molar-refractivity contribution in [1.82, 2.24) is 0 Å². The first-order chi connectivity index (χ1) is 9.60. The van der Waals surface area contributed by atoms with Crippen LogP contribution < -0.4 is 4.74 Å². The highest BCUT2D eigenvalue weighted by atomic mass is 35.5. The highest BCUT2D eigenvalue weighted by Crippen LogP contribution is 2.27. The lowest BCUT2D eigenvalue weighted by molar-refractivity contribution is 0.309. The van der Waals surface area contributed by atoms with Gasteiger partial charge in [-0.15, -0.1) is 11.3 Å². The number of aliphatic hydroxyl groups is 1. The Bertz CT molecular complexity index is 642. The van der Waals surface area contributed by atoms with Crippen LogP contribution in [0.4, 0.5) is 0 Å². The summed E-state index contributed by atoms with van der Waals surface area (Å²) in [6, 6.07) is 7.80. The van der Waals surface area contributed by atoms with Crippen LogP contribution in [-0.2, 0) is 6.61 Å². The third kappa shape index (κ3) is 3.77. The zero-order chi connectivity index (χ0) is 14.5. The Morgan fingerprint density at radius 3 is 2.60 bits per heavy atom. The molecule has 0 saturated heterocycles. The predicted octanol–water partition coefficient (Wildman–Crippen LogP) is 3.94. The van der Waals surface area contributed by atoms with E-state index in [1.165, 1.54) is 0 Å². The standard InChI is InChI=1S/C16H15ClO2S/c1-11-8-13(9-12(2)16(11)17)19-10-15-6-5-14(20-15)4-3-7-18/h5-6,8-9,18H,7,10H2,1-2H3. The molecular formula is C16H15ClO2S. The molecule has 4 heteroatoms. The van der Waals surface area contributed by atoms with Gasteiger partial charge in [-0.2, -0.15) is 0 Å². The van der Waals surface area contributed by atoms with Gasteiger partial charge < -0.3 is 9.84 Å². The quantitative estimate of drug-likeness (QED) is 0.870. The molecule has 0 aliphatic rings. The molecule has 1 N–H and O–H groups in total. The molecule has 0 amide bonds. The lowest BCUT2D eigenvalue weighted by Crippen LogP contribution is -1.94. The molecule has 2 nitrogen and oxygen atoms in total. The normalized spacial score (nSPS) is 10.0. The van der Waals surface area contributed by atoms with Crippen LogP contribution in [0.1, 0.15) is 20.9 Å². The average Bonchev–Trinajstić information content (AvgIpc) is 2.88. The van der Waals surface area contributed by atoms with Crippen LogP contribution in [0.15, 0.2) is 24.3 Å². The molecule has 0 aliphatic heterocycles. The summed E-state index contributed by atoms with van der Waals surface area (Å²) in [7, 11) is 0. The molecule has 0 atom stereocenters. The van der Waals surface area contributed by atoms with Crippen molar-refractivity contribution >= 4 is 22.9 Å². The second kappa shape index (κ2) is 6.81. The molecule has 20 heavy (non-hydrogen) atoms. The Labute approximate surface area is 128 Å². The minimum atomic E-state index is -0.118. The Kier molecular flexibility index (Phi) is 5.08. The Morgan fingerprint density at radius 1 is 1.25 bits per heavy atom. The number of hydrogen-bond donors (Lipinski definition) is 1. The summed E-state index contributed by atoms with van der Waals surface area (Å²) in [5.41, 5.74) is 2.03. The Hall–Kier alpha value is -1.47. The summed E-state index contributed by atoms with van der Waals surface area (Å²) in [5.74, 6) is 6.34. The van der Waals surface area contributed by atoms with Crippen LogP contribution in [0.2, 0.25) is 5.02 Å². The molecule has 0 radical (unpaired) electrons. The lowest BCUT2D eigenvalue weighted by Gasteiger charge is -2.09. The van der Waals surface area contributed by atoms with Gasteiger partial charge in [-0.3, -0.25) is 0 Å². The third-order valence-electron chi connectivity index (χ3n) is 2.74. The van der Waals surface area contributed by atoms with Gasteiger partial charge in [-0.25, -0.2) is 0 Å². The molecule has 1 heterocycles. The molecule has 1 aromatic heterocycles. The van der Waals surface area contributed by atoms with Crippen molar-refractivity contribution in [1.29, 1.82) is 0 Å². The zero-order valence-corrected chi connectivity index (χ0v) is 12.9. The average molecular weight is 307 g/mol. The first-order valence-electron chi connectivity index (χ1n) is 6.18. The van der Waals surface area contributed by atoms with Gasteiger partial charge >= 0.3 is 0 Å². The monoisotopic (exact) mass is 306 g/mol. The number of rotatable bonds is 3. The number of ether oxygens (including phenoxy) is 1. The van der Waals surface area contributed by atoms with Crippen molar-refractivity contribution in [2.75, 3.05) is 6.61 Å². The van der Waals surface area contributed by atoms with Crippen molar-refractivity contribution in [2.24, 2.45) is 0 Å². The van der Waals surface area contributed by atoms with Gasteiger partial charge in [0.1, 0.15) is 19.0 Å². The molecule has 0 spiro atoms. The molecule has 2 rings (SSSR count). The van der Waals surface area contributed by atoms with Crippen LogP contribution in [0.25, 0.3) is 0 Å². The van der Waals surface area contributed by atoms with Crippen LogP contribution in [0.3, 0.4) is 0 Å². The fourth-order valence-corrected chi connectivity index (χ4v) is 2.70. The SMILES string of the molecule is Cc1cc(OCc2ccc(C#CCO)s2)cc(C)c1Cl. The highest BCUT2D eigenvalue weighted by Gasteiger charge is 2.05. The summed E-state index contributed by atoms with van der Waals surface area (Å²) >= 11 is 7.70. The van der Waals surface area contributed by atoms with Crippen LogP contribution in [-0.4, -0.2) is 11.7 Å². The minimum Gasteiger partial charge on any atom is -0.488 e. The second-order valence-corrected chi connectivity index (χ2v) is 5.93. The van der Waals surface area contributed by atoms with E-state index < -0.39 is 0 Å². The molecule has 2 aromatic rings. The lowest BCUT2D eigenvalue weighted by atomic mass is 10.1. The first-order valence-corrected chi connectivity index (χ1v) is 7.37. The molecule has 104 valence electrons. The molecule has 0 bridgehead atoms.